The maximum absolute atomic E-state index is 11.5. The zero-order valence-electron chi connectivity index (χ0n) is 20.4. The van der Waals surface area contributed by atoms with Crippen LogP contribution in [0.5, 0.6) is 0 Å². The maximum atomic E-state index is 11.5. The summed E-state index contributed by atoms with van der Waals surface area (Å²) in [5.41, 5.74) is 0.940. The molecule has 0 saturated carbocycles. The molecule has 1 aromatic carbocycles. The molecule has 3 heteroatoms. The highest BCUT2D eigenvalue weighted by atomic mass is 16.4. The van der Waals surface area contributed by atoms with Crippen LogP contribution in [0.3, 0.4) is 0 Å². The second kappa shape index (κ2) is 20.9. The zero-order valence-corrected chi connectivity index (χ0v) is 20.4. The number of rotatable bonds is 17. The molecule has 30 heavy (non-hydrogen) atoms. The van der Waals surface area contributed by atoms with E-state index in [-0.39, 0.29) is 5.92 Å². The van der Waals surface area contributed by atoms with Crippen LogP contribution in [0.2, 0.25) is 0 Å². The molecular formula is C27H49NO2. The monoisotopic (exact) mass is 419 g/mol. The van der Waals surface area contributed by atoms with Crippen LogP contribution >= 0.6 is 0 Å². The fourth-order valence-electron chi connectivity index (χ4n) is 3.66. The number of unbranched alkanes of at least 4 members (excludes halogenated alkanes) is 13. The van der Waals surface area contributed by atoms with Crippen LogP contribution in [0.15, 0.2) is 30.3 Å². The van der Waals surface area contributed by atoms with E-state index in [1.165, 1.54) is 77.0 Å². The van der Waals surface area contributed by atoms with E-state index >= 15 is 0 Å². The van der Waals surface area contributed by atoms with Crippen molar-refractivity contribution < 1.29 is 9.90 Å². The molecule has 0 heterocycles. The number of carboxylic acid groups (broad SMARTS) is 1. The van der Waals surface area contributed by atoms with Crippen molar-refractivity contribution in [3.05, 3.63) is 35.9 Å². The Bertz CT molecular complexity index is 484. The molecule has 0 saturated heterocycles. The van der Waals surface area contributed by atoms with Crippen molar-refractivity contribution in [1.29, 1.82) is 0 Å². The molecule has 1 N–H and O–H groups in total. The van der Waals surface area contributed by atoms with Gasteiger partial charge in [0.1, 0.15) is 0 Å². The first-order chi connectivity index (χ1) is 14.5. The van der Waals surface area contributed by atoms with E-state index in [9.17, 15) is 9.90 Å². The lowest BCUT2D eigenvalue weighted by Crippen LogP contribution is -2.11. The van der Waals surface area contributed by atoms with Crippen LogP contribution in [0.1, 0.15) is 115 Å². The van der Waals surface area contributed by atoms with Crippen LogP contribution in [0.4, 0.5) is 0 Å². The third-order valence-electron chi connectivity index (χ3n) is 5.35. The predicted molar refractivity (Wildman–Crippen MR) is 131 cm³/mol. The van der Waals surface area contributed by atoms with E-state index in [1.807, 2.05) is 56.4 Å². The second-order valence-electron chi connectivity index (χ2n) is 9.03. The largest absolute Gasteiger partial charge is 0.481 e. The Kier molecular flexibility index (Phi) is 20.0. The number of nitrogens with zero attached hydrogens (tertiary/aromatic N) is 1. The molecule has 1 unspecified atom stereocenters. The van der Waals surface area contributed by atoms with E-state index in [0.717, 1.165) is 24.8 Å². The van der Waals surface area contributed by atoms with Gasteiger partial charge in [-0.1, -0.05) is 127 Å². The van der Waals surface area contributed by atoms with Gasteiger partial charge in [0.05, 0.1) is 5.92 Å². The molecular weight excluding hydrogens is 370 g/mol. The van der Waals surface area contributed by atoms with E-state index in [1.54, 1.807) is 0 Å². The molecule has 1 aromatic rings. The molecule has 0 bridgehead atoms. The van der Waals surface area contributed by atoms with Gasteiger partial charge in [0.25, 0.3) is 0 Å². The van der Waals surface area contributed by atoms with Crippen molar-refractivity contribution in [2.45, 2.75) is 109 Å². The lowest BCUT2D eigenvalue weighted by Gasteiger charge is -2.12. The first-order valence-electron chi connectivity index (χ1n) is 12.4. The molecule has 0 aliphatic rings. The number of benzene rings is 1. The molecule has 0 aromatic heterocycles. The minimum absolute atomic E-state index is 0.339. The minimum Gasteiger partial charge on any atom is -0.481 e. The van der Waals surface area contributed by atoms with Gasteiger partial charge in [-0.3, -0.25) is 4.79 Å². The minimum atomic E-state index is -0.689. The maximum Gasteiger partial charge on any atom is 0.310 e. The van der Waals surface area contributed by atoms with Crippen molar-refractivity contribution >= 4 is 5.97 Å². The van der Waals surface area contributed by atoms with Crippen molar-refractivity contribution in [2.75, 3.05) is 21.1 Å². The Morgan fingerprint density at radius 2 is 1.10 bits per heavy atom. The van der Waals surface area contributed by atoms with E-state index in [4.69, 9.17) is 0 Å². The van der Waals surface area contributed by atoms with Crippen molar-refractivity contribution in [2.24, 2.45) is 0 Å². The Hall–Kier alpha value is -1.35. The van der Waals surface area contributed by atoms with Gasteiger partial charge < -0.3 is 10.0 Å². The summed E-state index contributed by atoms with van der Waals surface area (Å²) in [6, 6.07) is 9.66. The first-order valence-corrected chi connectivity index (χ1v) is 12.4. The van der Waals surface area contributed by atoms with Gasteiger partial charge in [-0.2, -0.15) is 0 Å². The molecule has 174 valence electrons. The average molecular weight is 420 g/mol. The van der Waals surface area contributed by atoms with Gasteiger partial charge in [0.2, 0.25) is 0 Å². The van der Waals surface area contributed by atoms with Gasteiger partial charge in [-0.05, 0) is 33.1 Å². The van der Waals surface area contributed by atoms with E-state index < -0.39 is 5.97 Å². The first kappa shape index (κ1) is 28.6. The smallest absolute Gasteiger partial charge is 0.310 e. The molecule has 0 aliphatic carbocycles. The number of hydrogen-bond donors (Lipinski definition) is 1. The molecule has 0 spiro atoms. The summed E-state index contributed by atoms with van der Waals surface area (Å²) in [5, 5.41) is 9.43. The summed E-state index contributed by atoms with van der Waals surface area (Å²) in [6.07, 6.45) is 19.4. The highest BCUT2D eigenvalue weighted by Gasteiger charge is 2.18. The van der Waals surface area contributed by atoms with Crippen molar-refractivity contribution in [3.63, 3.8) is 0 Å². The highest BCUT2D eigenvalue weighted by molar-refractivity contribution is 5.75. The van der Waals surface area contributed by atoms with Crippen LogP contribution in [0, 0.1) is 0 Å². The topological polar surface area (TPSA) is 40.5 Å². The second-order valence-corrected chi connectivity index (χ2v) is 9.03. The Labute approximate surface area is 187 Å². The van der Waals surface area contributed by atoms with Crippen LogP contribution in [-0.4, -0.2) is 37.1 Å². The van der Waals surface area contributed by atoms with E-state index in [2.05, 4.69) is 6.92 Å². The van der Waals surface area contributed by atoms with Gasteiger partial charge >= 0.3 is 5.97 Å². The summed E-state index contributed by atoms with van der Waals surface area (Å²) < 4.78 is 0. The number of hydrogen-bond acceptors (Lipinski definition) is 2. The third kappa shape index (κ3) is 18.7. The molecule has 0 fully saturated rings. The normalized spacial score (nSPS) is 11.8. The summed E-state index contributed by atoms with van der Waals surface area (Å²) in [4.78, 5) is 13.5. The Balaban J connectivity index is 0.00000192. The summed E-state index contributed by atoms with van der Waals surface area (Å²) in [5.74, 6) is -1.03. The SMILES string of the molecule is CCCCCCCCCCCCCCCCC(C(=O)O)c1ccccc1.CN(C)C. The van der Waals surface area contributed by atoms with Gasteiger partial charge in [0, 0.05) is 0 Å². The Morgan fingerprint density at radius 1 is 0.733 bits per heavy atom. The predicted octanol–water partition coefficient (Wildman–Crippen LogP) is 7.90. The van der Waals surface area contributed by atoms with Crippen LogP contribution in [0.25, 0.3) is 0 Å². The van der Waals surface area contributed by atoms with Crippen LogP contribution < -0.4 is 0 Å². The summed E-state index contributed by atoms with van der Waals surface area (Å²) in [6.45, 7) is 2.27. The molecule has 1 rings (SSSR count). The average Bonchev–Trinajstić information content (AvgIpc) is 2.71. The molecule has 1 atom stereocenters. The summed E-state index contributed by atoms with van der Waals surface area (Å²) >= 11 is 0. The van der Waals surface area contributed by atoms with E-state index in [0.29, 0.717) is 0 Å². The summed E-state index contributed by atoms with van der Waals surface area (Å²) in [7, 11) is 6.00. The molecule has 0 aliphatic heterocycles. The lowest BCUT2D eigenvalue weighted by molar-refractivity contribution is -0.139. The number of aliphatic carboxylic acids is 1. The van der Waals surface area contributed by atoms with Crippen LogP contribution in [-0.2, 0) is 4.79 Å². The van der Waals surface area contributed by atoms with Gasteiger partial charge in [-0.15, -0.1) is 0 Å². The van der Waals surface area contributed by atoms with Crippen molar-refractivity contribution in [1.82, 2.24) is 4.90 Å². The van der Waals surface area contributed by atoms with Gasteiger partial charge in [0.15, 0.2) is 0 Å². The Morgan fingerprint density at radius 3 is 1.47 bits per heavy atom. The highest BCUT2D eigenvalue weighted by Crippen LogP contribution is 2.23. The third-order valence-corrected chi connectivity index (χ3v) is 5.35. The fraction of sp³-hybridized carbons (Fsp3) is 0.741. The fourth-order valence-corrected chi connectivity index (χ4v) is 3.66. The van der Waals surface area contributed by atoms with Crippen molar-refractivity contribution in [3.8, 4) is 0 Å². The molecule has 0 amide bonds. The molecule has 3 nitrogen and oxygen atoms in total. The lowest BCUT2D eigenvalue weighted by atomic mass is 9.93. The van der Waals surface area contributed by atoms with Gasteiger partial charge in [-0.25, -0.2) is 0 Å². The zero-order chi connectivity index (χ0) is 22.5. The number of carbonyl (C=O) groups is 1. The standard InChI is InChI=1S/C24H40O2.C3H9N/c1-2-3-4-5-6-7-8-9-10-11-12-13-14-18-21-23(24(25)26)22-19-16-15-17-20-22;1-4(2)3/h15-17,19-20,23H,2-14,18,21H2,1H3,(H,25,26);1-3H3. The molecule has 0 radical (unpaired) electrons. The quantitative estimate of drug-likeness (QED) is 0.261. The number of carboxylic acids is 1.